The fourth-order valence-corrected chi connectivity index (χ4v) is 2.76. The van der Waals surface area contributed by atoms with Crippen LogP contribution in [0.1, 0.15) is 27.7 Å². The summed E-state index contributed by atoms with van der Waals surface area (Å²) in [5.41, 5.74) is -0.780. The van der Waals surface area contributed by atoms with E-state index in [0.717, 1.165) is 0 Å². The van der Waals surface area contributed by atoms with Crippen LogP contribution in [0.4, 0.5) is 0 Å². The van der Waals surface area contributed by atoms with Gasteiger partial charge in [0.05, 0.1) is 11.5 Å². The number of esters is 1. The molecular weight excluding hydrogens is 346 g/mol. The van der Waals surface area contributed by atoms with Gasteiger partial charge in [-0.05, 0) is 27.7 Å². The van der Waals surface area contributed by atoms with E-state index in [1.807, 2.05) is 0 Å². The molecule has 1 aliphatic rings. The van der Waals surface area contributed by atoms with Crippen LogP contribution in [0.15, 0.2) is 0 Å². The van der Waals surface area contributed by atoms with Crippen LogP contribution in [-0.4, -0.2) is 73.0 Å². The quantitative estimate of drug-likeness (QED) is 0.334. The first-order chi connectivity index (χ1) is 10.9. The van der Waals surface area contributed by atoms with Crippen molar-refractivity contribution in [2.24, 2.45) is 5.41 Å². The zero-order chi connectivity index (χ0) is 18.7. The molecule has 0 aliphatic carbocycles. The zero-order valence-electron chi connectivity index (χ0n) is 14.0. The van der Waals surface area contributed by atoms with E-state index in [-0.39, 0.29) is 6.61 Å². The van der Waals surface area contributed by atoms with Crippen LogP contribution in [0, 0.1) is 5.41 Å². The van der Waals surface area contributed by atoms with E-state index < -0.39 is 58.9 Å². The second-order valence-corrected chi connectivity index (χ2v) is 7.63. The highest BCUT2D eigenvalue weighted by Gasteiger charge is 2.47. The van der Waals surface area contributed by atoms with Crippen molar-refractivity contribution < 1.29 is 42.2 Å². The van der Waals surface area contributed by atoms with Crippen molar-refractivity contribution in [1.29, 1.82) is 0 Å². The van der Waals surface area contributed by atoms with Crippen molar-refractivity contribution in [1.82, 2.24) is 4.72 Å². The highest BCUT2D eigenvalue weighted by atomic mass is 32.2. The molecule has 1 fully saturated rings. The molecular formula is C13H25NO9S. The molecule has 1 rings (SSSR count). The second kappa shape index (κ2) is 8.04. The van der Waals surface area contributed by atoms with Crippen LogP contribution in [0.5, 0.6) is 0 Å². The van der Waals surface area contributed by atoms with Crippen LogP contribution < -0.4 is 4.72 Å². The maximum absolute atomic E-state index is 11.8. The van der Waals surface area contributed by atoms with Gasteiger partial charge in [0.25, 0.3) is 0 Å². The molecule has 0 radical (unpaired) electrons. The number of aliphatic hydroxyl groups is 2. The van der Waals surface area contributed by atoms with Crippen LogP contribution >= 0.6 is 0 Å². The van der Waals surface area contributed by atoms with Gasteiger partial charge in [0.15, 0.2) is 6.29 Å². The third-order valence-electron chi connectivity index (χ3n) is 3.33. The average Bonchev–Trinajstić information content (AvgIpc) is 2.42. The Morgan fingerprint density at radius 2 is 1.88 bits per heavy atom. The third kappa shape index (κ3) is 5.92. The molecule has 10 nitrogen and oxygen atoms in total. The van der Waals surface area contributed by atoms with E-state index in [1.54, 1.807) is 32.4 Å². The van der Waals surface area contributed by atoms with Gasteiger partial charge in [0.2, 0.25) is 0 Å². The zero-order valence-corrected chi connectivity index (χ0v) is 14.8. The predicted octanol–water partition coefficient (Wildman–Crippen LogP) is -1.18. The van der Waals surface area contributed by atoms with Crippen molar-refractivity contribution in [3.8, 4) is 0 Å². The fraction of sp³-hybridized carbons (Fsp3) is 0.923. The molecule has 1 heterocycles. The average molecular weight is 371 g/mol. The lowest BCUT2D eigenvalue weighted by Crippen LogP contribution is -2.65. The van der Waals surface area contributed by atoms with E-state index in [9.17, 15) is 23.4 Å². The lowest BCUT2D eigenvalue weighted by atomic mass is 9.96. The van der Waals surface area contributed by atoms with Gasteiger partial charge >= 0.3 is 16.3 Å². The molecule has 4 N–H and O–H groups in total. The van der Waals surface area contributed by atoms with Crippen LogP contribution in [0.2, 0.25) is 0 Å². The SMILES string of the molecule is CCO[C@H]1[C@@H](NS(=O)(=O)O)[C@H](O)[C@@H](COC(=O)C(C)(C)C)O[C@@H]1O. The molecule has 0 saturated carbocycles. The number of carbonyl (C=O) groups is 1. The van der Waals surface area contributed by atoms with Gasteiger partial charge in [-0.2, -0.15) is 13.1 Å². The summed E-state index contributed by atoms with van der Waals surface area (Å²) in [6.07, 6.45) is -5.57. The summed E-state index contributed by atoms with van der Waals surface area (Å²) in [6, 6.07) is -1.39. The van der Waals surface area contributed by atoms with E-state index >= 15 is 0 Å². The minimum absolute atomic E-state index is 0.102. The summed E-state index contributed by atoms with van der Waals surface area (Å²) < 4.78 is 48.3. The van der Waals surface area contributed by atoms with Crippen molar-refractivity contribution in [2.75, 3.05) is 13.2 Å². The monoisotopic (exact) mass is 371 g/mol. The lowest BCUT2D eigenvalue weighted by molar-refractivity contribution is -0.271. The molecule has 0 aromatic rings. The summed E-state index contributed by atoms with van der Waals surface area (Å²) in [5.74, 6) is -0.556. The Morgan fingerprint density at radius 3 is 2.33 bits per heavy atom. The van der Waals surface area contributed by atoms with Gasteiger partial charge < -0.3 is 24.4 Å². The van der Waals surface area contributed by atoms with E-state index in [1.165, 1.54) is 0 Å². The molecule has 5 atom stereocenters. The number of carbonyl (C=O) groups excluding carboxylic acids is 1. The minimum atomic E-state index is -4.67. The first-order valence-electron chi connectivity index (χ1n) is 7.42. The summed E-state index contributed by atoms with van der Waals surface area (Å²) in [6.45, 7) is 6.20. The Kier molecular flexibility index (Phi) is 7.11. The largest absolute Gasteiger partial charge is 0.462 e. The van der Waals surface area contributed by atoms with Gasteiger partial charge in [-0.15, -0.1) is 0 Å². The maximum Gasteiger partial charge on any atom is 0.333 e. The molecule has 0 amide bonds. The number of rotatable bonds is 6. The molecule has 0 spiro atoms. The highest BCUT2D eigenvalue weighted by molar-refractivity contribution is 7.83. The van der Waals surface area contributed by atoms with Gasteiger partial charge in [-0.1, -0.05) is 0 Å². The summed E-state index contributed by atoms with van der Waals surface area (Å²) in [7, 11) is -4.67. The molecule has 1 aliphatic heterocycles. The Bertz CT molecular complexity index is 530. The smallest absolute Gasteiger partial charge is 0.333 e. The van der Waals surface area contributed by atoms with Crippen LogP contribution in [0.3, 0.4) is 0 Å². The number of hydrogen-bond donors (Lipinski definition) is 4. The van der Waals surface area contributed by atoms with E-state index in [2.05, 4.69) is 0 Å². The lowest BCUT2D eigenvalue weighted by Gasteiger charge is -2.42. The van der Waals surface area contributed by atoms with Crippen molar-refractivity contribution in [3.63, 3.8) is 0 Å². The Hall–Kier alpha value is -0.820. The molecule has 11 heteroatoms. The molecule has 0 aromatic heterocycles. The van der Waals surface area contributed by atoms with Gasteiger partial charge in [-0.25, -0.2) is 0 Å². The fourth-order valence-electron chi connectivity index (χ4n) is 2.14. The van der Waals surface area contributed by atoms with Crippen molar-refractivity contribution >= 4 is 16.3 Å². The molecule has 1 saturated heterocycles. The number of hydrogen-bond acceptors (Lipinski definition) is 8. The van der Waals surface area contributed by atoms with Gasteiger partial charge in [0.1, 0.15) is 24.9 Å². The molecule has 0 aromatic carbocycles. The first kappa shape index (κ1) is 21.2. The van der Waals surface area contributed by atoms with Gasteiger partial charge in [-0.3, -0.25) is 9.35 Å². The molecule has 24 heavy (non-hydrogen) atoms. The topological polar surface area (TPSA) is 152 Å². The van der Waals surface area contributed by atoms with E-state index in [4.69, 9.17) is 18.8 Å². The Labute approximate surface area is 141 Å². The Morgan fingerprint density at radius 1 is 1.29 bits per heavy atom. The summed E-state index contributed by atoms with van der Waals surface area (Å²) >= 11 is 0. The maximum atomic E-state index is 11.8. The van der Waals surface area contributed by atoms with E-state index in [0.29, 0.717) is 0 Å². The standard InChI is InChI=1S/C13H25NO9S/c1-5-21-10-8(14-24(18,19)20)9(15)7(23-11(10)16)6-22-12(17)13(2,3)4/h7-11,14-16H,5-6H2,1-4H3,(H,18,19,20)/t7-,8+,9-,10+,11+/m1/s1. The second-order valence-electron chi connectivity index (χ2n) is 6.44. The first-order valence-corrected chi connectivity index (χ1v) is 8.86. The molecule has 0 bridgehead atoms. The number of ether oxygens (including phenoxy) is 3. The van der Waals surface area contributed by atoms with Gasteiger partial charge in [0, 0.05) is 6.61 Å². The predicted molar refractivity (Wildman–Crippen MR) is 81.2 cm³/mol. The molecule has 142 valence electrons. The number of nitrogens with one attached hydrogen (secondary N) is 1. The highest BCUT2D eigenvalue weighted by Crippen LogP contribution is 2.24. The summed E-state index contributed by atoms with van der Waals surface area (Å²) in [5, 5.41) is 20.2. The van der Waals surface area contributed by atoms with Crippen LogP contribution in [-0.2, 0) is 29.3 Å². The van der Waals surface area contributed by atoms with Crippen molar-refractivity contribution in [3.05, 3.63) is 0 Å². The minimum Gasteiger partial charge on any atom is -0.462 e. The normalized spacial score (nSPS) is 31.7. The molecule has 0 unspecified atom stereocenters. The third-order valence-corrected chi connectivity index (χ3v) is 3.90. The Balaban J connectivity index is 2.88. The number of aliphatic hydroxyl groups excluding tert-OH is 2. The van der Waals surface area contributed by atoms with Crippen LogP contribution in [0.25, 0.3) is 0 Å². The summed E-state index contributed by atoms with van der Waals surface area (Å²) in [4.78, 5) is 11.8. The van der Waals surface area contributed by atoms with Crippen molar-refractivity contribution in [2.45, 2.75) is 58.3 Å².